The van der Waals surface area contributed by atoms with Crippen molar-refractivity contribution in [1.29, 1.82) is 0 Å². The topological polar surface area (TPSA) is 143 Å². The van der Waals surface area contributed by atoms with Crippen LogP contribution in [0.4, 0.5) is 4.39 Å². The SMILES string of the molecule is CCOC(=O)/C(F)=C/[C@@](CC(=O)C=[N+]=[N-])(C(=O)OCC)N1C(=O)c2c(Cl)c(Cl)c(Cl)c(Cl)c2C1=O. The zero-order valence-electron chi connectivity index (χ0n) is 17.9. The van der Waals surface area contributed by atoms with E-state index in [1.54, 1.807) is 0 Å². The molecule has 0 spiro atoms. The van der Waals surface area contributed by atoms with E-state index in [9.17, 15) is 28.4 Å². The van der Waals surface area contributed by atoms with Crippen LogP contribution in [-0.2, 0) is 23.9 Å². The molecule has 0 unspecified atom stereocenters. The first-order chi connectivity index (χ1) is 16.4. The summed E-state index contributed by atoms with van der Waals surface area (Å²) in [6.07, 6.45) is -0.653. The summed E-state index contributed by atoms with van der Waals surface area (Å²) in [7, 11) is 0. The highest BCUT2D eigenvalue weighted by atomic mass is 35.5. The van der Waals surface area contributed by atoms with Crippen LogP contribution in [0, 0.1) is 0 Å². The average Bonchev–Trinajstić information content (AvgIpc) is 3.06. The Hall–Kier alpha value is -2.82. The van der Waals surface area contributed by atoms with Gasteiger partial charge in [-0.25, -0.2) is 9.59 Å². The van der Waals surface area contributed by atoms with Gasteiger partial charge in [0.25, 0.3) is 11.8 Å². The molecule has 1 atom stereocenters. The number of esters is 2. The lowest BCUT2D eigenvalue weighted by atomic mass is 9.89. The molecular weight excluding hydrogens is 555 g/mol. The van der Waals surface area contributed by atoms with E-state index < -0.39 is 78.5 Å². The second kappa shape index (κ2) is 11.3. The monoisotopic (exact) mass is 567 g/mol. The fraction of sp³-hybridized carbons (Fsp3) is 0.300. The number of ketones is 1. The van der Waals surface area contributed by atoms with Crippen LogP contribution in [0.15, 0.2) is 11.9 Å². The number of imide groups is 1. The Bertz CT molecular complexity index is 1180. The number of hydrogen-bond acceptors (Lipinski definition) is 7. The summed E-state index contributed by atoms with van der Waals surface area (Å²) in [6, 6.07) is 0. The first-order valence-electron chi connectivity index (χ1n) is 9.57. The summed E-state index contributed by atoms with van der Waals surface area (Å²) in [6.45, 7) is 2.10. The van der Waals surface area contributed by atoms with Crippen molar-refractivity contribution in [3.63, 3.8) is 0 Å². The van der Waals surface area contributed by atoms with Crippen LogP contribution in [0.1, 0.15) is 41.0 Å². The number of benzene rings is 1. The van der Waals surface area contributed by atoms with E-state index in [2.05, 4.69) is 9.53 Å². The Balaban J connectivity index is 2.93. The number of Topliss-reactive ketones (excluding diaryl/α,β-unsaturated/α-hetero) is 1. The molecule has 0 saturated heterocycles. The van der Waals surface area contributed by atoms with Crippen LogP contribution in [0.2, 0.25) is 20.1 Å². The summed E-state index contributed by atoms with van der Waals surface area (Å²) < 4.78 is 24.3. The summed E-state index contributed by atoms with van der Waals surface area (Å²) in [4.78, 5) is 67.0. The van der Waals surface area contributed by atoms with Crippen molar-refractivity contribution in [3.05, 3.63) is 48.7 Å². The molecule has 0 fully saturated rings. The molecule has 0 radical (unpaired) electrons. The predicted octanol–water partition coefficient (Wildman–Crippen LogP) is 3.87. The Labute approximate surface area is 217 Å². The summed E-state index contributed by atoms with van der Waals surface area (Å²) in [5.74, 6) is -8.62. The number of hydrogen-bond donors (Lipinski definition) is 0. The molecule has 0 saturated carbocycles. The normalized spacial score (nSPS) is 14.7. The van der Waals surface area contributed by atoms with E-state index in [1.165, 1.54) is 13.8 Å². The maximum atomic E-state index is 14.9. The van der Waals surface area contributed by atoms with Gasteiger partial charge in [-0.1, -0.05) is 46.4 Å². The Morgan fingerprint density at radius 3 is 1.89 bits per heavy atom. The number of rotatable bonds is 9. The standard InChI is InChI=1S/C20H14Cl4FN3O7/c1-3-34-18(32)9(25)6-20(19(33)35-4-2,5-8(29)7-27-26)28-16(30)10-11(17(28)31)13(22)15(24)14(23)12(10)21/h6-7H,3-5H2,1-2H3/b9-6-/t20-/m0/s1. The molecule has 0 N–H and O–H groups in total. The van der Waals surface area contributed by atoms with Gasteiger partial charge in [-0.15, -0.1) is 0 Å². The van der Waals surface area contributed by atoms with Crippen LogP contribution in [0.3, 0.4) is 0 Å². The van der Waals surface area contributed by atoms with Crippen molar-refractivity contribution in [2.24, 2.45) is 0 Å². The van der Waals surface area contributed by atoms with E-state index in [-0.39, 0.29) is 24.2 Å². The van der Waals surface area contributed by atoms with E-state index in [0.29, 0.717) is 6.21 Å². The minimum absolute atomic E-state index is 0.141. The number of halogens is 5. The molecule has 1 aliphatic heterocycles. The van der Waals surface area contributed by atoms with Gasteiger partial charge in [0, 0.05) is 0 Å². The molecule has 1 heterocycles. The number of amides is 2. The zero-order valence-corrected chi connectivity index (χ0v) is 20.9. The van der Waals surface area contributed by atoms with Gasteiger partial charge in [0.15, 0.2) is 5.54 Å². The quantitative estimate of drug-likeness (QED) is 0.0642. The second-order valence-electron chi connectivity index (χ2n) is 6.70. The molecule has 0 bridgehead atoms. The smallest absolute Gasteiger partial charge is 0.366 e. The largest absolute Gasteiger partial charge is 0.464 e. The molecule has 0 aliphatic carbocycles. The Morgan fingerprint density at radius 1 is 0.971 bits per heavy atom. The highest BCUT2D eigenvalue weighted by Gasteiger charge is 2.57. The molecule has 0 aromatic heterocycles. The van der Waals surface area contributed by atoms with E-state index in [4.69, 9.17) is 56.7 Å². The Kier molecular flexibility index (Phi) is 9.16. The van der Waals surface area contributed by atoms with Gasteiger partial charge in [-0.3, -0.25) is 19.3 Å². The molecular formula is C20H14Cl4FN3O7. The van der Waals surface area contributed by atoms with Gasteiger partial charge in [-0.05, 0) is 19.9 Å². The van der Waals surface area contributed by atoms with E-state index in [0.717, 1.165) is 0 Å². The Morgan fingerprint density at radius 2 is 1.46 bits per heavy atom. The number of fused-ring (bicyclic) bond motifs is 1. The number of ether oxygens (including phenoxy) is 2. The molecule has 1 aromatic rings. The van der Waals surface area contributed by atoms with Gasteiger partial charge in [-0.2, -0.15) is 9.18 Å². The van der Waals surface area contributed by atoms with Crippen LogP contribution >= 0.6 is 46.4 Å². The van der Waals surface area contributed by atoms with Crippen LogP contribution in [0.5, 0.6) is 0 Å². The second-order valence-corrected chi connectivity index (χ2v) is 8.21. The van der Waals surface area contributed by atoms with Crippen molar-refractivity contribution in [2.75, 3.05) is 13.2 Å². The predicted molar refractivity (Wildman–Crippen MR) is 121 cm³/mol. The lowest BCUT2D eigenvalue weighted by Crippen LogP contribution is -2.58. The van der Waals surface area contributed by atoms with Crippen molar-refractivity contribution in [3.8, 4) is 0 Å². The number of nitrogens with zero attached hydrogens (tertiary/aromatic N) is 3. The van der Waals surface area contributed by atoms with Gasteiger partial charge in [0.05, 0.1) is 50.9 Å². The molecule has 15 heteroatoms. The summed E-state index contributed by atoms with van der Waals surface area (Å²) in [5, 5.41) is -1.79. The van der Waals surface area contributed by atoms with Crippen LogP contribution in [0.25, 0.3) is 5.53 Å². The molecule has 35 heavy (non-hydrogen) atoms. The van der Waals surface area contributed by atoms with E-state index in [1.807, 2.05) is 0 Å². The third kappa shape index (κ3) is 5.10. The van der Waals surface area contributed by atoms with Gasteiger partial charge >= 0.3 is 18.2 Å². The third-order valence-corrected chi connectivity index (χ3v) is 6.41. The molecule has 2 amide bonds. The van der Waals surface area contributed by atoms with Crippen molar-refractivity contribution < 1.29 is 42.6 Å². The van der Waals surface area contributed by atoms with Crippen molar-refractivity contribution in [2.45, 2.75) is 25.8 Å². The molecule has 1 aliphatic rings. The summed E-state index contributed by atoms with van der Waals surface area (Å²) >= 11 is 24.2. The van der Waals surface area contributed by atoms with Gasteiger partial charge < -0.3 is 15.0 Å². The minimum Gasteiger partial charge on any atom is -0.464 e. The first-order valence-corrected chi connectivity index (χ1v) is 11.1. The maximum absolute atomic E-state index is 14.9. The lowest BCUT2D eigenvalue weighted by molar-refractivity contribution is -0.153. The fourth-order valence-corrected chi connectivity index (χ4v) is 4.24. The fourth-order valence-electron chi connectivity index (χ4n) is 3.23. The molecule has 186 valence electrons. The third-order valence-electron chi connectivity index (χ3n) is 4.61. The number of carbonyl (C=O) groups is 5. The van der Waals surface area contributed by atoms with Crippen molar-refractivity contribution >= 4 is 82.2 Å². The first kappa shape index (κ1) is 28.4. The molecule has 10 nitrogen and oxygen atoms in total. The number of carbonyl (C=O) groups excluding carboxylic acids is 5. The molecule has 1 aromatic carbocycles. The summed E-state index contributed by atoms with van der Waals surface area (Å²) in [5.41, 5.74) is 4.63. The lowest BCUT2D eigenvalue weighted by Gasteiger charge is -2.34. The van der Waals surface area contributed by atoms with Gasteiger partial charge in [0.2, 0.25) is 11.6 Å². The maximum Gasteiger partial charge on any atom is 0.366 e. The van der Waals surface area contributed by atoms with Crippen LogP contribution < -0.4 is 0 Å². The van der Waals surface area contributed by atoms with E-state index >= 15 is 0 Å². The van der Waals surface area contributed by atoms with Gasteiger partial charge in [0.1, 0.15) is 0 Å². The van der Waals surface area contributed by atoms with Crippen LogP contribution in [-0.4, -0.2) is 64.2 Å². The highest BCUT2D eigenvalue weighted by molar-refractivity contribution is 6.55. The van der Waals surface area contributed by atoms with Crippen molar-refractivity contribution in [1.82, 2.24) is 4.90 Å². The molecule has 2 rings (SSSR count). The zero-order chi connectivity index (χ0) is 26.7. The highest BCUT2D eigenvalue weighted by Crippen LogP contribution is 2.47. The minimum atomic E-state index is -2.91. The average molecular weight is 569 g/mol.